The van der Waals surface area contributed by atoms with E-state index in [0.29, 0.717) is 25.3 Å². The fraction of sp³-hybridized carbons (Fsp3) is 0.533. The molecule has 1 aliphatic carbocycles. The molecular weight excluding hydrogens is 286 g/mol. The fourth-order valence-corrected chi connectivity index (χ4v) is 3.05. The maximum atomic E-state index is 13.1. The van der Waals surface area contributed by atoms with Crippen LogP contribution in [0.5, 0.6) is 0 Å². The summed E-state index contributed by atoms with van der Waals surface area (Å²) in [4.78, 5) is 0. The molecule has 21 heavy (non-hydrogen) atoms. The zero-order chi connectivity index (χ0) is 15.8. The Morgan fingerprint density at radius 3 is 2.57 bits per heavy atom. The van der Waals surface area contributed by atoms with Crippen molar-refractivity contribution in [2.24, 2.45) is 11.3 Å². The van der Waals surface area contributed by atoms with Crippen LogP contribution >= 0.6 is 0 Å². The predicted octanol–water partition coefficient (Wildman–Crippen LogP) is 4.21. The van der Waals surface area contributed by atoms with Crippen molar-refractivity contribution < 1.29 is 22.7 Å². The first-order valence-corrected chi connectivity index (χ1v) is 6.65. The van der Waals surface area contributed by atoms with E-state index >= 15 is 0 Å². The third kappa shape index (κ3) is 2.88. The smallest absolute Gasteiger partial charge is 0.387 e. The third-order valence-corrected chi connectivity index (χ3v) is 4.16. The Hall–Kier alpha value is -1.61. The summed E-state index contributed by atoms with van der Waals surface area (Å²) in [6.07, 6.45) is -5.02. The fourth-order valence-electron chi connectivity index (χ4n) is 3.05. The van der Waals surface area contributed by atoms with Gasteiger partial charge in [-0.1, -0.05) is 13.0 Å². The van der Waals surface area contributed by atoms with Gasteiger partial charge in [0.05, 0.1) is 23.2 Å². The maximum absolute atomic E-state index is 13.1. The van der Waals surface area contributed by atoms with Crippen LogP contribution in [-0.2, 0) is 6.18 Å². The molecule has 0 spiro atoms. The van der Waals surface area contributed by atoms with Crippen molar-refractivity contribution in [3.05, 3.63) is 35.1 Å². The summed E-state index contributed by atoms with van der Waals surface area (Å²) >= 11 is 0. The van der Waals surface area contributed by atoms with E-state index in [1.165, 1.54) is 0 Å². The van der Waals surface area contributed by atoms with Crippen LogP contribution in [0.2, 0.25) is 0 Å². The summed E-state index contributed by atoms with van der Waals surface area (Å²) in [5.74, 6) is -0.863. The number of benzene rings is 1. The molecule has 0 saturated heterocycles. The number of hydrogen-bond donors (Lipinski definition) is 1. The second kappa shape index (κ2) is 5.30. The van der Waals surface area contributed by atoms with Crippen LogP contribution in [0.3, 0.4) is 0 Å². The molecule has 1 aromatic carbocycles. The molecule has 2 rings (SSSR count). The summed E-state index contributed by atoms with van der Waals surface area (Å²) in [5.41, 5.74) is -2.89. The molecule has 114 valence electrons. The van der Waals surface area contributed by atoms with Crippen molar-refractivity contribution in [3.63, 3.8) is 0 Å². The summed E-state index contributed by atoms with van der Waals surface area (Å²) in [6.45, 7) is 1.89. The Morgan fingerprint density at radius 2 is 2.10 bits per heavy atom. The van der Waals surface area contributed by atoms with Crippen LogP contribution in [0.25, 0.3) is 0 Å². The van der Waals surface area contributed by atoms with E-state index in [1.807, 2.05) is 13.0 Å². The lowest BCUT2D eigenvalue weighted by Gasteiger charge is -2.29. The normalized spacial score (nSPS) is 27.4. The number of alkyl halides is 3. The molecule has 3 atom stereocenters. The highest BCUT2D eigenvalue weighted by molar-refractivity contribution is 5.35. The summed E-state index contributed by atoms with van der Waals surface area (Å²) < 4.78 is 52.2. The van der Waals surface area contributed by atoms with Crippen molar-refractivity contribution in [2.75, 3.05) is 0 Å². The van der Waals surface area contributed by atoms with Crippen LogP contribution in [0.4, 0.5) is 17.6 Å². The SMILES string of the molecule is CC1CCC(C#N)(C(O)c2ccc(F)cc2C(F)(F)F)C1. The Morgan fingerprint density at radius 1 is 1.43 bits per heavy atom. The monoisotopic (exact) mass is 301 g/mol. The van der Waals surface area contributed by atoms with Crippen LogP contribution < -0.4 is 0 Å². The minimum absolute atomic E-state index is 0.161. The number of hydrogen-bond acceptors (Lipinski definition) is 2. The van der Waals surface area contributed by atoms with E-state index in [9.17, 15) is 27.9 Å². The van der Waals surface area contributed by atoms with Crippen molar-refractivity contribution >= 4 is 0 Å². The molecule has 2 nitrogen and oxygen atoms in total. The van der Waals surface area contributed by atoms with Gasteiger partial charge in [-0.15, -0.1) is 0 Å². The zero-order valence-corrected chi connectivity index (χ0v) is 11.4. The summed E-state index contributed by atoms with van der Waals surface area (Å²) in [6, 6.07) is 4.15. The van der Waals surface area contributed by atoms with Crippen LogP contribution in [0.15, 0.2) is 18.2 Å². The van der Waals surface area contributed by atoms with Gasteiger partial charge in [0.2, 0.25) is 0 Å². The number of rotatable bonds is 2. The first kappa shape index (κ1) is 15.8. The zero-order valence-electron chi connectivity index (χ0n) is 11.4. The maximum Gasteiger partial charge on any atom is 0.416 e. The van der Waals surface area contributed by atoms with E-state index in [2.05, 4.69) is 0 Å². The number of aliphatic hydroxyl groups is 1. The largest absolute Gasteiger partial charge is 0.416 e. The van der Waals surface area contributed by atoms with Crippen molar-refractivity contribution in [1.29, 1.82) is 5.26 Å². The lowest BCUT2D eigenvalue weighted by Crippen LogP contribution is -2.27. The van der Waals surface area contributed by atoms with Crippen LogP contribution in [-0.4, -0.2) is 5.11 Å². The van der Waals surface area contributed by atoms with Gasteiger partial charge in [0.1, 0.15) is 5.82 Å². The molecule has 1 aromatic rings. The predicted molar refractivity (Wildman–Crippen MR) is 67.4 cm³/mol. The van der Waals surface area contributed by atoms with Crippen LogP contribution in [0.1, 0.15) is 43.4 Å². The van der Waals surface area contributed by atoms with Gasteiger partial charge in [-0.2, -0.15) is 18.4 Å². The van der Waals surface area contributed by atoms with Crippen molar-refractivity contribution in [3.8, 4) is 6.07 Å². The van der Waals surface area contributed by atoms with Gasteiger partial charge < -0.3 is 5.11 Å². The first-order chi connectivity index (χ1) is 9.69. The molecule has 0 radical (unpaired) electrons. The van der Waals surface area contributed by atoms with Gasteiger partial charge in [-0.25, -0.2) is 4.39 Å². The number of halogens is 4. The van der Waals surface area contributed by atoms with Gasteiger partial charge >= 0.3 is 6.18 Å². The van der Waals surface area contributed by atoms with Gasteiger partial charge in [0, 0.05) is 0 Å². The van der Waals surface area contributed by atoms with Crippen molar-refractivity contribution in [1.82, 2.24) is 0 Å². The Labute approximate surface area is 120 Å². The highest BCUT2D eigenvalue weighted by Gasteiger charge is 2.47. The molecule has 3 unspecified atom stereocenters. The Balaban J connectivity index is 2.49. The minimum Gasteiger partial charge on any atom is -0.387 e. The average Bonchev–Trinajstić information content (AvgIpc) is 2.80. The highest BCUT2D eigenvalue weighted by Crippen LogP contribution is 2.51. The van der Waals surface area contributed by atoms with E-state index in [4.69, 9.17) is 0 Å². The topological polar surface area (TPSA) is 44.0 Å². The standard InChI is InChI=1S/C15H15F4NO/c1-9-4-5-14(7-9,8-20)13(21)11-3-2-10(16)6-12(11)15(17,18)19/h2-3,6,9,13,21H,4-5,7H2,1H3. The van der Waals surface area contributed by atoms with E-state index in [-0.39, 0.29) is 5.92 Å². The quantitative estimate of drug-likeness (QED) is 0.832. The van der Waals surface area contributed by atoms with Gasteiger partial charge in [0.25, 0.3) is 0 Å². The molecule has 1 aliphatic rings. The molecule has 1 fully saturated rings. The average molecular weight is 301 g/mol. The second-order valence-corrected chi connectivity index (χ2v) is 5.75. The van der Waals surface area contributed by atoms with Gasteiger partial charge in [-0.3, -0.25) is 0 Å². The van der Waals surface area contributed by atoms with E-state index in [0.717, 1.165) is 12.1 Å². The molecule has 0 heterocycles. The first-order valence-electron chi connectivity index (χ1n) is 6.65. The molecule has 0 amide bonds. The van der Waals surface area contributed by atoms with E-state index in [1.54, 1.807) is 0 Å². The molecule has 0 aliphatic heterocycles. The third-order valence-electron chi connectivity index (χ3n) is 4.16. The molecule has 1 N–H and O–H groups in total. The molecular formula is C15H15F4NO. The van der Waals surface area contributed by atoms with Crippen molar-refractivity contribution in [2.45, 2.75) is 38.5 Å². The van der Waals surface area contributed by atoms with Crippen LogP contribution in [0, 0.1) is 28.5 Å². The van der Waals surface area contributed by atoms with Gasteiger partial charge in [-0.05, 0) is 42.9 Å². The lowest BCUT2D eigenvalue weighted by atomic mass is 9.77. The highest BCUT2D eigenvalue weighted by atomic mass is 19.4. The molecule has 0 bridgehead atoms. The Bertz CT molecular complexity index is 578. The number of nitriles is 1. The Kier molecular flexibility index (Phi) is 3.98. The minimum atomic E-state index is -4.78. The van der Waals surface area contributed by atoms with Gasteiger partial charge in [0.15, 0.2) is 0 Å². The number of nitrogens with zero attached hydrogens (tertiary/aromatic N) is 1. The van der Waals surface area contributed by atoms with E-state index < -0.39 is 34.6 Å². The molecule has 6 heteroatoms. The summed E-state index contributed by atoms with van der Waals surface area (Å²) in [5, 5.41) is 19.7. The lowest BCUT2D eigenvalue weighted by molar-refractivity contribution is -0.140. The molecule has 1 saturated carbocycles. The summed E-state index contributed by atoms with van der Waals surface area (Å²) in [7, 11) is 0. The molecule has 0 aromatic heterocycles. The second-order valence-electron chi connectivity index (χ2n) is 5.75. The number of aliphatic hydroxyl groups excluding tert-OH is 1.